The van der Waals surface area contributed by atoms with Crippen LogP contribution in [0.3, 0.4) is 0 Å². The highest BCUT2D eigenvalue weighted by atomic mass is 19.1. The predicted octanol–water partition coefficient (Wildman–Crippen LogP) is 8.21. The van der Waals surface area contributed by atoms with Crippen molar-refractivity contribution < 1.29 is 14.0 Å². The molecule has 6 nitrogen and oxygen atoms in total. The highest BCUT2D eigenvalue weighted by Crippen LogP contribution is 2.23. The SMILES string of the molecule is C=C(CCC(C)CC(CCC(C)=O)N(C)C(=O)NCc1cccc(C)c1C)[C@H](N)C(C)C.Cc1cc2cc(F)ccc2cn1. The molecular formula is C37H53FN4O2. The van der Waals surface area contributed by atoms with Gasteiger partial charge in [0.05, 0.1) is 0 Å². The molecule has 0 bridgehead atoms. The number of hydrogen-bond acceptors (Lipinski definition) is 4. The van der Waals surface area contributed by atoms with Crippen LogP contribution in [0.4, 0.5) is 9.18 Å². The van der Waals surface area contributed by atoms with E-state index in [1.54, 1.807) is 24.1 Å². The Hall–Kier alpha value is -3.58. The van der Waals surface area contributed by atoms with Gasteiger partial charge in [0.15, 0.2) is 0 Å². The van der Waals surface area contributed by atoms with E-state index in [2.05, 4.69) is 57.6 Å². The van der Waals surface area contributed by atoms with Crippen LogP contribution < -0.4 is 11.1 Å². The van der Waals surface area contributed by atoms with Gasteiger partial charge in [0, 0.05) is 49.4 Å². The number of fused-ring (bicyclic) bond motifs is 1. The number of carbonyl (C=O) groups excluding carboxylic acids is 2. The maximum Gasteiger partial charge on any atom is 0.317 e. The molecule has 0 aliphatic rings. The zero-order chi connectivity index (χ0) is 33.0. The van der Waals surface area contributed by atoms with E-state index in [9.17, 15) is 14.0 Å². The molecule has 0 fully saturated rings. The molecule has 0 spiro atoms. The van der Waals surface area contributed by atoms with Gasteiger partial charge in [0.2, 0.25) is 0 Å². The summed E-state index contributed by atoms with van der Waals surface area (Å²) in [5.41, 5.74) is 11.8. The van der Waals surface area contributed by atoms with Gasteiger partial charge in [-0.15, -0.1) is 0 Å². The number of ketones is 1. The molecule has 0 saturated heterocycles. The summed E-state index contributed by atoms with van der Waals surface area (Å²) in [6.45, 7) is 18.8. The second kappa shape index (κ2) is 17.6. The Morgan fingerprint density at radius 1 is 1.02 bits per heavy atom. The third-order valence-corrected chi connectivity index (χ3v) is 8.49. The lowest BCUT2D eigenvalue weighted by atomic mass is 9.88. The number of halogens is 1. The van der Waals surface area contributed by atoms with E-state index < -0.39 is 0 Å². The second-order valence-electron chi connectivity index (χ2n) is 12.6. The summed E-state index contributed by atoms with van der Waals surface area (Å²) in [7, 11) is 1.84. The van der Waals surface area contributed by atoms with E-state index in [1.807, 2.05) is 32.2 Å². The van der Waals surface area contributed by atoms with E-state index in [0.717, 1.165) is 46.9 Å². The molecule has 0 radical (unpaired) electrons. The van der Waals surface area contributed by atoms with Crippen LogP contribution in [0.25, 0.3) is 10.8 Å². The van der Waals surface area contributed by atoms with Gasteiger partial charge in [-0.05, 0) is 112 Å². The summed E-state index contributed by atoms with van der Waals surface area (Å²) in [6, 6.07) is 12.6. The van der Waals surface area contributed by atoms with Crippen molar-refractivity contribution in [2.45, 2.75) is 99.2 Å². The Morgan fingerprint density at radius 2 is 1.73 bits per heavy atom. The number of rotatable bonds is 13. The molecule has 0 aliphatic heterocycles. The normalized spacial score (nSPS) is 13.1. The number of aryl methyl sites for hydroxylation is 2. The van der Waals surface area contributed by atoms with Crippen LogP contribution >= 0.6 is 0 Å². The number of nitrogens with zero attached hydrogens (tertiary/aromatic N) is 2. The number of hydrogen-bond donors (Lipinski definition) is 2. The molecule has 2 amide bonds. The minimum absolute atomic E-state index is 0.0135. The van der Waals surface area contributed by atoms with Crippen LogP contribution in [-0.4, -0.2) is 40.8 Å². The van der Waals surface area contributed by atoms with Crippen molar-refractivity contribution in [2.24, 2.45) is 17.6 Å². The monoisotopic (exact) mass is 604 g/mol. The molecule has 0 aliphatic carbocycles. The van der Waals surface area contributed by atoms with E-state index >= 15 is 0 Å². The average Bonchev–Trinajstić information content (AvgIpc) is 2.97. The van der Waals surface area contributed by atoms with Crippen LogP contribution in [0.5, 0.6) is 0 Å². The summed E-state index contributed by atoms with van der Waals surface area (Å²) in [5.74, 6) is 0.738. The van der Waals surface area contributed by atoms with Gasteiger partial charge in [-0.2, -0.15) is 0 Å². The molecule has 2 unspecified atom stereocenters. The highest BCUT2D eigenvalue weighted by molar-refractivity contribution is 5.81. The van der Waals surface area contributed by atoms with E-state index in [-0.39, 0.29) is 29.7 Å². The second-order valence-corrected chi connectivity index (χ2v) is 12.6. The minimum atomic E-state index is -0.201. The molecule has 240 valence electrons. The first-order valence-electron chi connectivity index (χ1n) is 15.7. The van der Waals surface area contributed by atoms with Crippen molar-refractivity contribution in [1.82, 2.24) is 15.2 Å². The molecule has 0 saturated carbocycles. The lowest BCUT2D eigenvalue weighted by molar-refractivity contribution is -0.117. The van der Waals surface area contributed by atoms with Crippen molar-refractivity contribution in [3.63, 3.8) is 0 Å². The maximum absolute atomic E-state index is 12.9. The summed E-state index contributed by atoms with van der Waals surface area (Å²) in [4.78, 5) is 30.4. The zero-order valence-corrected chi connectivity index (χ0v) is 28.0. The fourth-order valence-corrected chi connectivity index (χ4v) is 5.18. The van der Waals surface area contributed by atoms with Gasteiger partial charge in [-0.3, -0.25) is 4.98 Å². The van der Waals surface area contributed by atoms with Gasteiger partial charge in [-0.1, -0.05) is 51.1 Å². The third-order valence-electron chi connectivity index (χ3n) is 8.49. The van der Waals surface area contributed by atoms with Crippen LogP contribution in [-0.2, 0) is 11.3 Å². The van der Waals surface area contributed by atoms with Crippen molar-refractivity contribution >= 4 is 22.6 Å². The third kappa shape index (κ3) is 11.8. The number of urea groups is 1. The zero-order valence-electron chi connectivity index (χ0n) is 28.0. The fraction of sp³-hybridized carbons (Fsp3) is 0.486. The Labute approximate surface area is 264 Å². The fourth-order valence-electron chi connectivity index (χ4n) is 5.18. The summed E-state index contributed by atoms with van der Waals surface area (Å²) < 4.78 is 12.7. The Balaban J connectivity index is 0.000000461. The number of pyridine rings is 1. The van der Waals surface area contributed by atoms with Crippen molar-refractivity contribution in [2.75, 3.05) is 7.05 Å². The topological polar surface area (TPSA) is 88.3 Å². The highest BCUT2D eigenvalue weighted by Gasteiger charge is 2.23. The molecule has 44 heavy (non-hydrogen) atoms. The summed E-state index contributed by atoms with van der Waals surface area (Å²) in [6.07, 6.45) is 5.64. The van der Waals surface area contributed by atoms with E-state index in [4.69, 9.17) is 5.73 Å². The predicted molar refractivity (Wildman–Crippen MR) is 181 cm³/mol. The number of aromatic nitrogens is 1. The summed E-state index contributed by atoms with van der Waals surface area (Å²) >= 11 is 0. The van der Waals surface area contributed by atoms with Gasteiger partial charge in [0.1, 0.15) is 11.6 Å². The van der Waals surface area contributed by atoms with Crippen molar-refractivity contribution in [3.8, 4) is 0 Å². The lowest BCUT2D eigenvalue weighted by Gasteiger charge is -2.31. The Bertz CT molecular complexity index is 1370. The van der Waals surface area contributed by atoms with Crippen LogP contribution in [0, 0.1) is 38.4 Å². The molecule has 3 atom stereocenters. The smallest absolute Gasteiger partial charge is 0.317 e. The minimum Gasteiger partial charge on any atom is -0.334 e. The summed E-state index contributed by atoms with van der Waals surface area (Å²) in [5, 5.41) is 4.94. The molecule has 2 aromatic carbocycles. The Morgan fingerprint density at radius 3 is 2.39 bits per heavy atom. The number of benzene rings is 2. The average molecular weight is 605 g/mol. The van der Waals surface area contributed by atoms with Crippen molar-refractivity contribution in [1.29, 1.82) is 0 Å². The van der Waals surface area contributed by atoms with Crippen LogP contribution in [0.15, 0.2) is 60.8 Å². The number of amides is 2. The molecule has 1 heterocycles. The lowest BCUT2D eigenvalue weighted by Crippen LogP contribution is -2.44. The molecule has 1 aromatic heterocycles. The van der Waals surface area contributed by atoms with E-state index in [1.165, 1.54) is 23.3 Å². The van der Waals surface area contributed by atoms with E-state index in [0.29, 0.717) is 31.2 Å². The van der Waals surface area contributed by atoms with Gasteiger partial charge < -0.3 is 20.7 Å². The molecule has 3 N–H and O–H groups in total. The first kappa shape index (κ1) is 36.6. The Kier molecular flexibility index (Phi) is 14.7. The standard InChI is InChI=1S/C27H45N3O2.C10H8FN/c1-18(2)26(28)21(5)13-12-19(3)16-25(15-14-22(6)31)30(8)27(32)29-17-24-11-9-10-20(4)23(24)7;1-7-4-9-5-10(11)3-2-8(9)6-12-7/h9-11,18-19,25-26H,5,12-17,28H2,1-4,6-8H3,(H,29,32);2-6H,1H3/t19?,25?,26-;/m1./s1. The van der Waals surface area contributed by atoms with Crippen molar-refractivity contribution in [3.05, 3.63) is 89.0 Å². The first-order chi connectivity index (χ1) is 20.7. The van der Waals surface area contributed by atoms with Crippen LogP contribution in [0.1, 0.15) is 82.2 Å². The molecule has 3 rings (SSSR count). The molecule has 3 aromatic rings. The first-order valence-corrected chi connectivity index (χ1v) is 15.7. The quantitative estimate of drug-likeness (QED) is 0.193. The maximum atomic E-state index is 12.9. The number of Topliss-reactive ketones (excluding diaryl/α,β-unsaturated/α-hetero) is 1. The van der Waals surface area contributed by atoms with Gasteiger partial charge in [-0.25, -0.2) is 9.18 Å². The number of carbonyl (C=O) groups is 2. The van der Waals surface area contributed by atoms with Gasteiger partial charge in [0.25, 0.3) is 0 Å². The van der Waals surface area contributed by atoms with Gasteiger partial charge >= 0.3 is 6.03 Å². The number of nitrogens with one attached hydrogen (secondary N) is 1. The number of nitrogens with two attached hydrogens (primary N) is 1. The molecular weight excluding hydrogens is 551 g/mol. The van der Waals surface area contributed by atoms with Crippen LogP contribution in [0.2, 0.25) is 0 Å². The largest absolute Gasteiger partial charge is 0.334 e. The molecule has 7 heteroatoms.